The average Bonchev–Trinajstić information content (AvgIpc) is 2.37. The minimum absolute atomic E-state index is 0.0569. The van der Waals surface area contributed by atoms with E-state index < -0.39 is 0 Å². The zero-order valence-corrected chi connectivity index (χ0v) is 10.8. The molecule has 92 valence electrons. The average molecular weight is 250 g/mol. The third-order valence-electron chi connectivity index (χ3n) is 2.80. The number of carbonyl (C=O) groups excluding carboxylic acids is 1. The molecule has 0 saturated heterocycles. The van der Waals surface area contributed by atoms with Gasteiger partial charge in [-0.05, 0) is 24.5 Å². The third-order valence-corrected chi connectivity index (χ3v) is 3.92. The minimum atomic E-state index is -0.0569. The van der Waals surface area contributed by atoms with Gasteiger partial charge in [-0.1, -0.05) is 25.1 Å². The number of carbonyl (C=O) groups is 1. The standard InChI is InChI=1S/C13H18N2OS/c1-2-8-14-13(16)15-11-7-9-17-12-6-4-3-5-10(11)12/h3-6,11H,2,7-9H2,1H3,(H2,14,15,16). The lowest BCUT2D eigenvalue weighted by atomic mass is 10.0. The van der Waals surface area contributed by atoms with E-state index in [9.17, 15) is 4.79 Å². The lowest BCUT2D eigenvalue weighted by Crippen LogP contribution is -2.39. The lowest BCUT2D eigenvalue weighted by Gasteiger charge is -2.25. The molecule has 2 N–H and O–H groups in total. The molecule has 0 bridgehead atoms. The zero-order valence-electron chi connectivity index (χ0n) is 10.0. The summed E-state index contributed by atoms with van der Waals surface area (Å²) in [6.45, 7) is 2.78. The zero-order chi connectivity index (χ0) is 12.1. The first-order valence-electron chi connectivity index (χ1n) is 6.07. The van der Waals surface area contributed by atoms with Gasteiger partial charge in [0.25, 0.3) is 0 Å². The molecule has 1 aliphatic rings. The number of fused-ring (bicyclic) bond motifs is 1. The second-order valence-electron chi connectivity index (χ2n) is 4.13. The summed E-state index contributed by atoms with van der Waals surface area (Å²) >= 11 is 1.87. The molecule has 0 radical (unpaired) electrons. The molecule has 0 spiro atoms. The van der Waals surface area contributed by atoms with E-state index in [-0.39, 0.29) is 12.1 Å². The Balaban J connectivity index is 2.01. The summed E-state index contributed by atoms with van der Waals surface area (Å²) in [6.07, 6.45) is 1.96. The van der Waals surface area contributed by atoms with Crippen LogP contribution in [0.5, 0.6) is 0 Å². The highest BCUT2D eigenvalue weighted by atomic mass is 32.2. The molecule has 0 aromatic heterocycles. The third kappa shape index (κ3) is 3.16. The summed E-state index contributed by atoms with van der Waals surface area (Å²) in [5.74, 6) is 1.07. The van der Waals surface area contributed by atoms with Gasteiger partial charge in [-0.2, -0.15) is 0 Å². The van der Waals surface area contributed by atoms with Gasteiger partial charge in [-0.3, -0.25) is 0 Å². The summed E-state index contributed by atoms with van der Waals surface area (Å²) < 4.78 is 0. The van der Waals surface area contributed by atoms with E-state index >= 15 is 0 Å². The summed E-state index contributed by atoms with van der Waals surface area (Å²) in [4.78, 5) is 12.9. The van der Waals surface area contributed by atoms with Gasteiger partial charge in [0.15, 0.2) is 0 Å². The molecule has 3 nitrogen and oxygen atoms in total. The highest BCUT2D eigenvalue weighted by molar-refractivity contribution is 7.99. The van der Waals surface area contributed by atoms with Crippen LogP contribution in [0.3, 0.4) is 0 Å². The summed E-state index contributed by atoms with van der Waals surface area (Å²) in [5, 5.41) is 5.90. The topological polar surface area (TPSA) is 41.1 Å². The smallest absolute Gasteiger partial charge is 0.315 e. The monoisotopic (exact) mass is 250 g/mol. The number of benzene rings is 1. The van der Waals surface area contributed by atoms with E-state index in [4.69, 9.17) is 0 Å². The van der Waals surface area contributed by atoms with Gasteiger partial charge in [0.1, 0.15) is 0 Å². The number of hydrogen-bond acceptors (Lipinski definition) is 2. The maximum Gasteiger partial charge on any atom is 0.315 e. The van der Waals surface area contributed by atoms with Crippen LogP contribution >= 0.6 is 11.8 Å². The van der Waals surface area contributed by atoms with Gasteiger partial charge in [0.05, 0.1) is 6.04 Å². The minimum Gasteiger partial charge on any atom is -0.338 e. The first kappa shape index (κ1) is 12.3. The number of thioether (sulfide) groups is 1. The number of hydrogen-bond donors (Lipinski definition) is 2. The van der Waals surface area contributed by atoms with E-state index in [1.54, 1.807) is 0 Å². The maximum absolute atomic E-state index is 11.7. The van der Waals surface area contributed by atoms with Crippen LogP contribution in [-0.2, 0) is 0 Å². The lowest BCUT2D eigenvalue weighted by molar-refractivity contribution is 0.236. The van der Waals surface area contributed by atoms with E-state index in [1.807, 2.05) is 30.8 Å². The number of rotatable bonds is 3. The van der Waals surface area contributed by atoms with Gasteiger partial charge < -0.3 is 10.6 Å². The van der Waals surface area contributed by atoms with Crippen molar-refractivity contribution in [1.29, 1.82) is 0 Å². The Bertz CT molecular complexity index is 395. The highest BCUT2D eigenvalue weighted by Crippen LogP contribution is 2.35. The Labute approximate surface area is 106 Å². The molecule has 0 aliphatic carbocycles. The summed E-state index contributed by atoms with van der Waals surface area (Å²) in [5.41, 5.74) is 1.25. The highest BCUT2D eigenvalue weighted by Gasteiger charge is 2.21. The molecule has 1 aliphatic heterocycles. The predicted molar refractivity (Wildman–Crippen MR) is 71.3 cm³/mol. The van der Waals surface area contributed by atoms with Crippen molar-refractivity contribution in [3.05, 3.63) is 29.8 Å². The van der Waals surface area contributed by atoms with Crippen LogP contribution in [0.1, 0.15) is 31.4 Å². The fraction of sp³-hybridized carbons (Fsp3) is 0.462. The van der Waals surface area contributed by atoms with Gasteiger partial charge in [-0.15, -0.1) is 11.8 Å². The van der Waals surface area contributed by atoms with Gasteiger partial charge in [-0.25, -0.2) is 4.79 Å². The molecule has 1 unspecified atom stereocenters. The normalized spacial score (nSPS) is 18.3. The molecule has 1 heterocycles. The van der Waals surface area contributed by atoms with E-state index in [2.05, 4.69) is 22.8 Å². The Morgan fingerprint density at radius 1 is 1.47 bits per heavy atom. The van der Waals surface area contributed by atoms with Crippen molar-refractivity contribution >= 4 is 17.8 Å². The summed E-state index contributed by atoms with van der Waals surface area (Å²) in [6, 6.07) is 8.40. The van der Waals surface area contributed by atoms with Crippen LogP contribution in [0.4, 0.5) is 4.79 Å². The number of urea groups is 1. The number of amides is 2. The van der Waals surface area contributed by atoms with E-state index in [1.165, 1.54) is 10.5 Å². The Morgan fingerprint density at radius 3 is 3.12 bits per heavy atom. The molecular weight excluding hydrogens is 232 g/mol. The molecular formula is C13H18N2OS. The maximum atomic E-state index is 11.7. The molecule has 2 rings (SSSR count). The molecule has 0 saturated carbocycles. The van der Waals surface area contributed by atoms with Crippen molar-refractivity contribution in [3.8, 4) is 0 Å². The van der Waals surface area contributed by atoms with Crippen LogP contribution in [-0.4, -0.2) is 18.3 Å². The van der Waals surface area contributed by atoms with Crippen LogP contribution in [0.15, 0.2) is 29.2 Å². The fourth-order valence-corrected chi connectivity index (χ4v) is 3.07. The number of nitrogens with one attached hydrogen (secondary N) is 2. The largest absolute Gasteiger partial charge is 0.338 e. The second-order valence-corrected chi connectivity index (χ2v) is 5.26. The van der Waals surface area contributed by atoms with Crippen molar-refractivity contribution in [3.63, 3.8) is 0 Å². The van der Waals surface area contributed by atoms with Crippen molar-refractivity contribution in [1.82, 2.24) is 10.6 Å². The van der Waals surface area contributed by atoms with Crippen molar-refractivity contribution in [2.75, 3.05) is 12.3 Å². The molecule has 0 fully saturated rings. The van der Waals surface area contributed by atoms with Crippen LogP contribution in [0.2, 0.25) is 0 Å². The SMILES string of the molecule is CCCNC(=O)NC1CCSc2ccccc21. The molecule has 4 heteroatoms. The van der Waals surface area contributed by atoms with Crippen LogP contribution < -0.4 is 10.6 Å². The fourth-order valence-electron chi connectivity index (χ4n) is 1.94. The first-order valence-corrected chi connectivity index (χ1v) is 7.06. The van der Waals surface area contributed by atoms with Crippen LogP contribution in [0.25, 0.3) is 0 Å². The Hall–Kier alpha value is -1.16. The molecule has 17 heavy (non-hydrogen) atoms. The molecule has 2 amide bonds. The van der Waals surface area contributed by atoms with Crippen molar-refractivity contribution < 1.29 is 4.79 Å². The quantitative estimate of drug-likeness (QED) is 0.866. The Morgan fingerprint density at radius 2 is 2.29 bits per heavy atom. The van der Waals surface area contributed by atoms with Gasteiger partial charge in [0.2, 0.25) is 0 Å². The van der Waals surface area contributed by atoms with Gasteiger partial charge >= 0.3 is 6.03 Å². The van der Waals surface area contributed by atoms with E-state index in [0.29, 0.717) is 0 Å². The molecule has 1 aromatic rings. The first-order chi connectivity index (χ1) is 8.31. The molecule has 1 atom stereocenters. The predicted octanol–water partition coefficient (Wildman–Crippen LogP) is 2.93. The van der Waals surface area contributed by atoms with Crippen molar-refractivity contribution in [2.24, 2.45) is 0 Å². The van der Waals surface area contributed by atoms with Crippen LogP contribution in [0, 0.1) is 0 Å². The summed E-state index contributed by atoms with van der Waals surface area (Å²) in [7, 11) is 0. The Kier molecular flexibility index (Phi) is 4.31. The van der Waals surface area contributed by atoms with E-state index in [0.717, 1.165) is 25.1 Å². The second kappa shape index (κ2) is 5.96. The van der Waals surface area contributed by atoms with Gasteiger partial charge in [0, 0.05) is 17.2 Å². The van der Waals surface area contributed by atoms with Crippen molar-refractivity contribution in [2.45, 2.75) is 30.7 Å². The molecule has 1 aromatic carbocycles.